The Morgan fingerprint density at radius 2 is 0.915 bits per heavy atom. The van der Waals surface area contributed by atoms with Crippen LogP contribution >= 0.6 is 0 Å². The summed E-state index contributed by atoms with van der Waals surface area (Å²) in [5, 5.41) is 4.65. The van der Waals surface area contributed by atoms with Gasteiger partial charge in [0.05, 0.1) is 22.1 Å². The van der Waals surface area contributed by atoms with Crippen molar-refractivity contribution in [1.29, 1.82) is 0 Å². The van der Waals surface area contributed by atoms with Crippen LogP contribution in [-0.2, 0) is 5.41 Å². The van der Waals surface area contributed by atoms with Gasteiger partial charge in [-0.15, -0.1) is 0 Å². The summed E-state index contributed by atoms with van der Waals surface area (Å²) in [6, 6.07) is 67.1. The Morgan fingerprint density at radius 1 is 0.373 bits per heavy atom. The first-order valence-electron chi connectivity index (χ1n) is 20.2. The molecule has 0 aliphatic heterocycles. The number of aromatic nitrogens is 5. The molecule has 0 saturated carbocycles. The van der Waals surface area contributed by atoms with Crippen LogP contribution in [0.4, 0.5) is 0 Å². The minimum absolute atomic E-state index is 0.0849. The van der Waals surface area contributed by atoms with Crippen molar-refractivity contribution in [3.63, 3.8) is 0 Å². The monoisotopic (exact) mass is 755 g/mol. The molecule has 0 unspecified atom stereocenters. The van der Waals surface area contributed by atoms with E-state index in [0.29, 0.717) is 17.6 Å². The number of rotatable bonds is 5. The van der Waals surface area contributed by atoms with Gasteiger partial charge in [-0.05, 0) is 63.7 Å². The maximum Gasteiger partial charge on any atom is 0.238 e. The van der Waals surface area contributed by atoms with Gasteiger partial charge in [0.2, 0.25) is 5.95 Å². The molecule has 0 saturated heterocycles. The molecule has 1 aliphatic rings. The smallest absolute Gasteiger partial charge is 0.238 e. The fraction of sp³-hybridized carbons (Fsp3) is 0.0556. The molecule has 0 radical (unpaired) electrons. The van der Waals surface area contributed by atoms with Crippen LogP contribution in [0.2, 0.25) is 0 Å². The van der Waals surface area contributed by atoms with Crippen LogP contribution in [0.5, 0.6) is 0 Å². The molecule has 0 amide bonds. The molecular weight excluding hydrogens is 719 g/mol. The molecule has 278 valence electrons. The Kier molecular flexibility index (Phi) is 7.20. The van der Waals surface area contributed by atoms with Gasteiger partial charge >= 0.3 is 0 Å². The topological polar surface area (TPSA) is 48.5 Å². The van der Waals surface area contributed by atoms with Crippen molar-refractivity contribution in [2.75, 3.05) is 0 Å². The van der Waals surface area contributed by atoms with Crippen molar-refractivity contribution in [3.05, 3.63) is 199 Å². The zero-order valence-electron chi connectivity index (χ0n) is 32.6. The van der Waals surface area contributed by atoms with E-state index in [2.05, 4.69) is 187 Å². The minimum Gasteiger partial charge on any atom is -0.307 e. The summed E-state index contributed by atoms with van der Waals surface area (Å²) < 4.78 is 4.73. The molecule has 11 aromatic rings. The Morgan fingerprint density at radius 3 is 1.64 bits per heavy atom. The molecule has 0 spiro atoms. The zero-order chi connectivity index (χ0) is 39.2. The van der Waals surface area contributed by atoms with Crippen molar-refractivity contribution in [2.45, 2.75) is 19.3 Å². The van der Waals surface area contributed by atoms with E-state index in [1.165, 1.54) is 33.0 Å². The lowest BCUT2D eigenvalue weighted by Gasteiger charge is -2.21. The highest BCUT2D eigenvalue weighted by atomic mass is 15.2. The van der Waals surface area contributed by atoms with E-state index >= 15 is 0 Å². The number of hydrogen-bond acceptors (Lipinski definition) is 3. The van der Waals surface area contributed by atoms with Crippen LogP contribution in [0.15, 0.2) is 188 Å². The lowest BCUT2D eigenvalue weighted by molar-refractivity contribution is 0.660. The van der Waals surface area contributed by atoms with Crippen molar-refractivity contribution in [1.82, 2.24) is 24.1 Å². The summed E-state index contributed by atoms with van der Waals surface area (Å²) in [7, 11) is 0. The van der Waals surface area contributed by atoms with Gasteiger partial charge in [0.15, 0.2) is 11.6 Å². The van der Waals surface area contributed by atoms with Crippen LogP contribution < -0.4 is 0 Å². The average molecular weight is 756 g/mol. The van der Waals surface area contributed by atoms with Crippen molar-refractivity contribution >= 4 is 43.6 Å². The van der Waals surface area contributed by atoms with Crippen LogP contribution in [-0.4, -0.2) is 24.1 Å². The van der Waals surface area contributed by atoms with E-state index < -0.39 is 0 Å². The largest absolute Gasteiger partial charge is 0.307 e. The number of nitrogens with zero attached hydrogens (tertiary/aromatic N) is 5. The third-order valence-corrected chi connectivity index (χ3v) is 12.4. The number of hydrogen-bond donors (Lipinski definition) is 0. The van der Waals surface area contributed by atoms with Gasteiger partial charge in [0, 0.05) is 43.8 Å². The maximum atomic E-state index is 5.39. The molecule has 0 N–H and O–H groups in total. The predicted octanol–water partition coefficient (Wildman–Crippen LogP) is 13.4. The number of fused-ring (bicyclic) bond motifs is 10. The van der Waals surface area contributed by atoms with Crippen LogP contribution in [0.3, 0.4) is 0 Å². The Balaban J connectivity index is 1.18. The first kappa shape index (κ1) is 33.5. The molecule has 5 nitrogen and oxygen atoms in total. The Bertz CT molecular complexity index is 3470. The van der Waals surface area contributed by atoms with Gasteiger partial charge < -0.3 is 4.57 Å². The molecule has 0 atom stereocenters. The Labute approximate surface area is 341 Å². The quantitative estimate of drug-likeness (QED) is 0.176. The van der Waals surface area contributed by atoms with E-state index in [1.807, 2.05) is 24.3 Å². The number of benzene rings is 8. The Hall–Kier alpha value is -7.63. The van der Waals surface area contributed by atoms with E-state index in [-0.39, 0.29) is 5.41 Å². The summed E-state index contributed by atoms with van der Waals surface area (Å²) in [5.74, 6) is 1.80. The summed E-state index contributed by atoms with van der Waals surface area (Å²) in [6.45, 7) is 4.68. The molecule has 8 aromatic carbocycles. The molecule has 3 aromatic heterocycles. The molecule has 12 rings (SSSR count). The standard InChI is InChI=1S/C54H37N5/c1-54(2)45-25-12-9-22-39(45)44-33-38(28-31-46(44)54)58-47-26-13-10-23-40(47)42-29-30-43-41-24-11-14-27-48(41)59(50(43)49(42)58)53-56-51(35-18-7-4-8-19-35)55-52(57-53)37-21-15-20-36(32-37)34-16-5-3-6-17-34/h3-33H,1-2H3. The molecule has 1 aliphatic carbocycles. The van der Waals surface area contributed by atoms with E-state index in [9.17, 15) is 0 Å². The highest BCUT2D eigenvalue weighted by molar-refractivity contribution is 6.23. The second-order valence-corrected chi connectivity index (χ2v) is 16.1. The molecule has 0 fully saturated rings. The van der Waals surface area contributed by atoms with Crippen LogP contribution in [0.1, 0.15) is 25.0 Å². The minimum atomic E-state index is -0.0849. The highest BCUT2D eigenvalue weighted by Crippen LogP contribution is 2.50. The third kappa shape index (κ3) is 5.01. The van der Waals surface area contributed by atoms with E-state index in [1.54, 1.807) is 0 Å². The second-order valence-electron chi connectivity index (χ2n) is 16.1. The van der Waals surface area contributed by atoms with E-state index in [4.69, 9.17) is 15.0 Å². The molecular formula is C54H37N5. The lowest BCUT2D eigenvalue weighted by Crippen LogP contribution is -2.14. The summed E-state index contributed by atoms with van der Waals surface area (Å²) in [5.41, 5.74) is 14.8. The zero-order valence-corrected chi connectivity index (χ0v) is 32.6. The normalized spacial score (nSPS) is 13.1. The summed E-state index contributed by atoms with van der Waals surface area (Å²) in [4.78, 5) is 15.9. The second kappa shape index (κ2) is 12.7. The molecule has 3 heterocycles. The first-order chi connectivity index (χ1) is 29.0. The lowest BCUT2D eigenvalue weighted by atomic mass is 9.82. The van der Waals surface area contributed by atoms with Crippen molar-refractivity contribution in [2.24, 2.45) is 0 Å². The third-order valence-electron chi connectivity index (χ3n) is 12.4. The molecule has 5 heteroatoms. The van der Waals surface area contributed by atoms with Gasteiger partial charge in [-0.1, -0.05) is 172 Å². The maximum absolute atomic E-state index is 5.39. The van der Waals surface area contributed by atoms with Gasteiger partial charge in [-0.2, -0.15) is 9.97 Å². The SMILES string of the molecule is CC1(C)c2ccccc2-c2cc(-n3c4ccccc4c4ccc5c6ccccc6n(-c6nc(-c7ccccc7)nc(-c7cccc(-c8ccccc8)c7)n6)c5c43)ccc21. The van der Waals surface area contributed by atoms with Crippen molar-refractivity contribution in [3.8, 4) is 56.7 Å². The molecule has 0 bridgehead atoms. The summed E-state index contributed by atoms with van der Waals surface area (Å²) in [6.07, 6.45) is 0. The van der Waals surface area contributed by atoms with Crippen LogP contribution in [0, 0.1) is 0 Å². The molecule has 59 heavy (non-hydrogen) atoms. The summed E-state index contributed by atoms with van der Waals surface area (Å²) >= 11 is 0. The first-order valence-corrected chi connectivity index (χ1v) is 20.2. The van der Waals surface area contributed by atoms with Crippen molar-refractivity contribution < 1.29 is 0 Å². The number of para-hydroxylation sites is 2. The highest BCUT2D eigenvalue weighted by Gasteiger charge is 2.35. The van der Waals surface area contributed by atoms with Crippen LogP contribution in [0.25, 0.3) is 100 Å². The van der Waals surface area contributed by atoms with Gasteiger partial charge in [-0.3, -0.25) is 4.57 Å². The van der Waals surface area contributed by atoms with Gasteiger partial charge in [0.1, 0.15) is 0 Å². The average Bonchev–Trinajstić information content (AvgIpc) is 3.90. The fourth-order valence-electron chi connectivity index (χ4n) is 9.60. The van der Waals surface area contributed by atoms with E-state index in [0.717, 1.165) is 60.8 Å². The van der Waals surface area contributed by atoms with Gasteiger partial charge in [0.25, 0.3) is 0 Å². The van der Waals surface area contributed by atoms with Gasteiger partial charge in [-0.25, -0.2) is 4.98 Å². The predicted molar refractivity (Wildman–Crippen MR) is 242 cm³/mol. The fourth-order valence-corrected chi connectivity index (χ4v) is 9.60.